The summed E-state index contributed by atoms with van der Waals surface area (Å²) in [4.78, 5) is 0.236. The molecule has 1 aliphatic carbocycles. The third-order valence-corrected chi connectivity index (χ3v) is 4.86. The molecule has 0 spiro atoms. The highest BCUT2D eigenvalue weighted by Gasteiger charge is 2.29. The molecule has 2 rings (SSSR count). The van der Waals surface area contributed by atoms with Gasteiger partial charge in [-0.15, -0.1) is 0 Å². The molecule has 1 atom stereocenters. The maximum absolute atomic E-state index is 12.4. The van der Waals surface area contributed by atoms with E-state index in [4.69, 9.17) is 4.74 Å². The van der Waals surface area contributed by atoms with Gasteiger partial charge in [-0.3, -0.25) is 0 Å². The van der Waals surface area contributed by atoms with E-state index in [2.05, 4.69) is 4.72 Å². The first-order valence-corrected chi connectivity index (χ1v) is 7.86. The Kier molecular flexibility index (Phi) is 4.01. The van der Waals surface area contributed by atoms with Crippen LogP contribution in [-0.2, 0) is 10.0 Å². The molecule has 1 N–H and O–H groups in total. The van der Waals surface area contributed by atoms with Gasteiger partial charge in [0.05, 0.1) is 17.5 Å². The number of methoxy groups -OCH3 is 1. The molecule has 0 bridgehead atoms. The monoisotopic (exact) mass is 293 g/mol. The number of nitrogens with one attached hydrogen (secondary N) is 1. The van der Waals surface area contributed by atoms with Gasteiger partial charge in [-0.05, 0) is 44.5 Å². The second kappa shape index (κ2) is 5.42. The van der Waals surface area contributed by atoms with Crippen molar-refractivity contribution in [2.75, 3.05) is 7.11 Å². The summed E-state index contributed by atoms with van der Waals surface area (Å²) in [5.41, 5.74) is 0.560. The van der Waals surface area contributed by atoms with E-state index in [9.17, 15) is 8.42 Å². The second-order valence-corrected chi connectivity index (χ2v) is 6.93. The first-order valence-electron chi connectivity index (χ1n) is 6.38. The molecule has 0 radical (unpaired) electrons. The maximum Gasteiger partial charge on any atom is 0.241 e. The molecule has 1 unspecified atom stereocenters. The molecule has 108 valence electrons. The Balaban J connectivity index is 2.23. The fraction of sp³-hybridized carbons (Fsp3) is 0.333. The molecular formula is C15H19NO3S. The molecular weight excluding hydrogens is 274 g/mol. The summed E-state index contributed by atoms with van der Waals surface area (Å²) in [6.45, 7) is 3.87. The van der Waals surface area contributed by atoms with Crippen molar-refractivity contribution in [2.24, 2.45) is 0 Å². The van der Waals surface area contributed by atoms with Gasteiger partial charge in [0.25, 0.3) is 0 Å². The van der Waals surface area contributed by atoms with E-state index < -0.39 is 15.6 Å². The Hall–Kier alpha value is -1.59. The highest BCUT2D eigenvalue weighted by molar-refractivity contribution is 7.89. The molecule has 0 heterocycles. The van der Waals surface area contributed by atoms with Crippen LogP contribution in [0, 0.1) is 0 Å². The number of allylic oxidation sites excluding steroid dienone is 2. The first-order chi connectivity index (χ1) is 9.35. The highest BCUT2D eigenvalue weighted by Crippen LogP contribution is 2.25. The van der Waals surface area contributed by atoms with Crippen LogP contribution in [0.25, 0.3) is 0 Å². The van der Waals surface area contributed by atoms with Gasteiger partial charge in [0.15, 0.2) is 0 Å². The van der Waals surface area contributed by atoms with Crippen LogP contribution in [0.2, 0.25) is 0 Å². The van der Waals surface area contributed by atoms with Crippen molar-refractivity contribution in [1.29, 1.82) is 0 Å². The summed E-state index contributed by atoms with van der Waals surface area (Å²) in [5.74, 6) is 0.631. The van der Waals surface area contributed by atoms with E-state index in [0.717, 1.165) is 5.57 Å². The van der Waals surface area contributed by atoms with Crippen molar-refractivity contribution in [3.05, 3.63) is 48.1 Å². The number of ether oxygens (including phenoxy) is 1. The summed E-state index contributed by atoms with van der Waals surface area (Å²) in [6, 6.07) is 6.36. The van der Waals surface area contributed by atoms with Crippen molar-refractivity contribution < 1.29 is 13.2 Å². The quantitative estimate of drug-likeness (QED) is 0.928. The molecule has 1 aliphatic rings. The zero-order valence-corrected chi connectivity index (χ0v) is 12.7. The maximum atomic E-state index is 12.4. The second-order valence-electron chi connectivity index (χ2n) is 5.25. The van der Waals surface area contributed by atoms with Crippen molar-refractivity contribution in [3.8, 4) is 5.75 Å². The summed E-state index contributed by atoms with van der Waals surface area (Å²) >= 11 is 0. The lowest BCUT2D eigenvalue weighted by molar-refractivity contribution is 0.414. The minimum Gasteiger partial charge on any atom is -0.497 e. The zero-order chi connectivity index (χ0) is 14.8. The molecule has 0 amide bonds. The lowest BCUT2D eigenvalue weighted by Gasteiger charge is -2.29. The summed E-state index contributed by atoms with van der Waals surface area (Å²) in [6.07, 6.45) is 6.42. The Morgan fingerprint density at radius 3 is 2.45 bits per heavy atom. The van der Waals surface area contributed by atoms with Gasteiger partial charge in [-0.25, -0.2) is 13.1 Å². The zero-order valence-electron chi connectivity index (χ0n) is 11.9. The Morgan fingerprint density at radius 2 is 1.90 bits per heavy atom. The predicted octanol–water partition coefficient (Wildman–Crippen LogP) is 2.64. The lowest BCUT2D eigenvalue weighted by atomic mass is 9.90. The Bertz CT molecular complexity index is 644. The molecule has 0 saturated carbocycles. The average Bonchev–Trinajstić information content (AvgIpc) is 2.37. The molecule has 20 heavy (non-hydrogen) atoms. The van der Waals surface area contributed by atoms with Crippen LogP contribution >= 0.6 is 0 Å². The van der Waals surface area contributed by atoms with Gasteiger partial charge in [0.1, 0.15) is 5.75 Å². The van der Waals surface area contributed by atoms with Crippen LogP contribution in [0.1, 0.15) is 20.3 Å². The molecule has 0 aromatic heterocycles. The third kappa shape index (κ3) is 3.29. The van der Waals surface area contributed by atoms with E-state index in [1.807, 2.05) is 32.1 Å². The van der Waals surface area contributed by atoms with Gasteiger partial charge < -0.3 is 4.74 Å². The van der Waals surface area contributed by atoms with Gasteiger partial charge >= 0.3 is 0 Å². The van der Waals surface area contributed by atoms with E-state index in [1.54, 1.807) is 31.4 Å². The van der Waals surface area contributed by atoms with E-state index in [-0.39, 0.29) is 4.90 Å². The highest BCUT2D eigenvalue weighted by atomic mass is 32.2. The van der Waals surface area contributed by atoms with Crippen molar-refractivity contribution >= 4 is 10.0 Å². The van der Waals surface area contributed by atoms with E-state index in [1.165, 1.54) is 0 Å². The van der Waals surface area contributed by atoms with Crippen LogP contribution in [0.5, 0.6) is 5.75 Å². The van der Waals surface area contributed by atoms with Crippen LogP contribution in [-0.4, -0.2) is 21.1 Å². The van der Waals surface area contributed by atoms with Crippen LogP contribution < -0.4 is 9.46 Å². The standard InChI is InChI=1S/C15H19NO3S/c1-12-5-4-10-15(2,11-12)16-20(17,18)14-8-6-13(19-3)7-9-14/h4-10,16H,11H2,1-3H3. The average molecular weight is 293 g/mol. The lowest BCUT2D eigenvalue weighted by Crippen LogP contribution is -2.45. The fourth-order valence-corrected chi connectivity index (χ4v) is 3.68. The number of hydrogen-bond donors (Lipinski definition) is 1. The van der Waals surface area contributed by atoms with E-state index >= 15 is 0 Å². The fourth-order valence-electron chi connectivity index (χ4n) is 2.31. The Morgan fingerprint density at radius 1 is 1.25 bits per heavy atom. The first kappa shape index (κ1) is 14.8. The van der Waals surface area contributed by atoms with Crippen molar-refractivity contribution in [3.63, 3.8) is 0 Å². The van der Waals surface area contributed by atoms with Gasteiger partial charge in [0.2, 0.25) is 10.0 Å². The smallest absolute Gasteiger partial charge is 0.241 e. The van der Waals surface area contributed by atoms with Gasteiger partial charge in [-0.2, -0.15) is 0 Å². The molecule has 0 fully saturated rings. The van der Waals surface area contributed by atoms with Crippen molar-refractivity contribution in [1.82, 2.24) is 4.72 Å². The number of hydrogen-bond acceptors (Lipinski definition) is 3. The predicted molar refractivity (Wildman–Crippen MR) is 79.2 cm³/mol. The molecule has 1 aromatic rings. The number of rotatable bonds is 4. The van der Waals surface area contributed by atoms with Crippen LogP contribution in [0.4, 0.5) is 0 Å². The number of benzene rings is 1. The SMILES string of the molecule is COc1ccc(S(=O)(=O)NC2(C)C=CC=C(C)C2)cc1. The minimum atomic E-state index is -3.55. The molecule has 1 aromatic carbocycles. The normalized spacial score (nSPS) is 22.4. The van der Waals surface area contributed by atoms with Gasteiger partial charge in [0, 0.05) is 0 Å². The largest absolute Gasteiger partial charge is 0.497 e. The molecule has 4 nitrogen and oxygen atoms in total. The summed E-state index contributed by atoms with van der Waals surface area (Å²) < 4.78 is 32.6. The van der Waals surface area contributed by atoms with E-state index in [0.29, 0.717) is 12.2 Å². The summed E-state index contributed by atoms with van der Waals surface area (Å²) in [5, 5.41) is 0. The van der Waals surface area contributed by atoms with Gasteiger partial charge in [-0.1, -0.05) is 23.8 Å². The topological polar surface area (TPSA) is 55.4 Å². The summed E-state index contributed by atoms with van der Waals surface area (Å²) in [7, 11) is -2.00. The molecule has 5 heteroatoms. The molecule has 0 aliphatic heterocycles. The minimum absolute atomic E-state index is 0.236. The number of sulfonamides is 1. The third-order valence-electron chi connectivity index (χ3n) is 3.23. The van der Waals surface area contributed by atoms with Crippen molar-refractivity contribution in [2.45, 2.75) is 30.7 Å². The van der Waals surface area contributed by atoms with Crippen LogP contribution in [0.15, 0.2) is 53.0 Å². The van der Waals surface area contributed by atoms with Crippen LogP contribution in [0.3, 0.4) is 0 Å². The molecule has 0 saturated heterocycles. The Labute approximate surface area is 120 Å².